The van der Waals surface area contributed by atoms with Gasteiger partial charge in [-0.1, -0.05) is 23.7 Å². The quantitative estimate of drug-likeness (QED) is 0.549. The smallest absolute Gasteiger partial charge is 0.225 e. The molecule has 1 amide bonds. The Bertz CT molecular complexity index is 1310. The summed E-state index contributed by atoms with van der Waals surface area (Å²) in [6, 6.07) is 9.31. The molecule has 4 heterocycles. The molecule has 1 fully saturated rings. The number of thiophene rings is 1. The van der Waals surface area contributed by atoms with E-state index in [2.05, 4.69) is 16.3 Å². The Morgan fingerprint density at radius 3 is 2.68 bits per heavy atom. The van der Waals surface area contributed by atoms with Crippen LogP contribution in [0, 0.1) is 25.2 Å². The summed E-state index contributed by atoms with van der Waals surface area (Å²) >= 11 is 7.72. The van der Waals surface area contributed by atoms with E-state index in [0.717, 1.165) is 38.1 Å². The molecule has 3 aromatic rings. The van der Waals surface area contributed by atoms with Crippen molar-refractivity contribution in [2.24, 2.45) is 4.99 Å². The predicted molar refractivity (Wildman–Crippen MR) is 130 cm³/mol. The first kappa shape index (κ1) is 22.7. The van der Waals surface area contributed by atoms with Crippen LogP contribution in [0.2, 0.25) is 5.02 Å². The average Bonchev–Trinajstić information content (AvgIpc) is 3.33. The van der Waals surface area contributed by atoms with Gasteiger partial charge in [0, 0.05) is 34.1 Å². The van der Waals surface area contributed by atoms with E-state index < -0.39 is 6.04 Å². The topological polar surface area (TPSA) is 96.4 Å². The molecule has 34 heavy (non-hydrogen) atoms. The Balaban J connectivity index is 1.67. The summed E-state index contributed by atoms with van der Waals surface area (Å²) < 4.78 is 7.40. The highest BCUT2D eigenvalue weighted by molar-refractivity contribution is 7.15. The maximum absolute atomic E-state index is 13.2. The summed E-state index contributed by atoms with van der Waals surface area (Å²) in [6.45, 7) is 6.16. The summed E-state index contributed by atoms with van der Waals surface area (Å²) in [4.78, 5) is 21.1. The zero-order valence-electron chi connectivity index (χ0n) is 18.9. The third kappa shape index (κ3) is 4.02. The van der Waals surface area contributed by atoms with Gasteiger partial charge in [0.15, 0.2) is 5.82 Å². The number of aliphatic imine (C=N–C) groups is 1. The first-order valence-electron chi connectivity index (χ1n) is 11.1. The highest BCUT2D eigenvalue weighted by Crippen LogP contribution is 2.40. The van der Waals surface area contributed by atoms with Crippen LogP contribution >= 0.6 is 22.9 Å². The van der Waals surface area contributed by atoms with Crippen molar-refractivity contribution >= 4 is 34.6 Å². The second kappa shape index (κ2) is 9.29. The summed E-state index contributed by atoms with van der Waals surface area (Å²) in [7, 11) is 0. The SMILES string of the molecule is Cc1c(CC#N)sc2c1C(c1ccc(Cl)cc1)=N[C@@H](CC(=O)N1CCOCC1)c1nnc(C)n1-2. The minimum absolute atomic E-state index is 0.0202. The van der Waals surface area contributed by atoms with Crippen LogP contribution in [0.4, 0.5) is 0 Å². The number of aryl methyl sites for hydroxylation is 1. The van der Waals surface area contributed by atoms with E-state index in [9.17, 15) is 10.1 Å². The van der Waals surface area contributed by atoms with Crippen molar-refractivity contribution in [2.75, 3.05) is 26.3 Å². The molecule has 0 N–H and O–H groups in total. The van der Waals surface area contributed by atoms with E-state index in [1.165, 1.54) is 0 Å². The number of ether oxygens (including phenoxy) is 1. The maximum atomic E-state index is 13.2. The van der Waals surface area contributed by atoms with Gasteiger partial charge in [0.1, 0.15) is 16.9 Å². The molecule has 10 heteroatoms. The molecule has 1 aromatic carbocycles. The molecule has 174 valence electrons. The maximum Gasteiger partial charge on any atom is 0.225 e. The number of halogens is 1. The molecular weight excluding hydrogens is 472 g/mol. The van der Waals surface area contributed by atoms with Gasteiger partial charge in [-0.3, -0.25) is 14.4 Å². The summed E-state index contributed by atoms with van der Waals surface area (Å²) in [5.41, 5.74) is 3.63. The van der Waals surface area contributed by atoms with E-state index >= 15 is 0 Å². The number of carbonyl (C=O) groups is 1. The third-order valence-electron chi connectivity index (χ3n) is 6.19. The van der Waals surface area contributed by atoms with Crippen molar-refractivity contribution in [1.82, 2.24) is 19.7 Å². The Morgan fingerprint density at radius 1 is 1.24 bits per heavy atom. The molecule has 1 atom stereocenters. The van der Waals surface area contributed by atoms with Gasteiger partial charge in [-0.05, 0) is 31.5 Å². The van der Waals surface area contributed by atoms with Crippen molar-refractivity contribution in [1.29, 1.82) is 5.26 Å². The van der Waals surface area contributed by atoms with E-state index in [4.69, 9.17) is 21.3 Å². The fourth-order valence-corrected chi connectivity index (χ4v) is 5.84. The van der Waals surface area contributed by atoms with E-state index in [1.807, 2.05) is 47.6 Å². The molecule has 5 rings (SSSR count). The molecule has 2 aliphatic heterocycles. The van der Waals surface area contributed by atoms with Gasteiger partial charge in [0.2, 0.25) is 5.91 Å². The number of rotatable bonds is 4. The van der Waals surface area contributed by atoms with E-state index in [1.54, 1.807) is 11.3 Å². The second-order valence-electron chi connectivity index (χ2n) is 8.30. The lowest BCUT2D eigenvalue weighted by atomic mass is 9.99. The number of hydrogen-bond acceptors (Lipinski definition) is 7. The minimum atomic E-state index is -0.499. The van der Waals surface area contributed by atoms with Gasteiger partial charge in [-0.25, -0.2) is 0 Å². The first-order chi connectivity index (χ1) is 16.5. The molecule has 0 unspecified atom stereocenters. The number of carbonyl (C=O) groups excluding carboxylic acids is 1. The van der Waals surface area contributed by atoms with Gasteiger partial charge in [-0.2, -0.15) is 5.26 Å². The van der Waals surface area contributed by atoms with Crippen LogP contribution in [-0.2, 0) is 16.0 Å². The predicted octanol–water partition coefficient (Wildman–Crippen LogP) is 3.81. The summed E-state index contributed by atoms with van der Waals surface area (Å²) in [5.74, 6) is 1.37. The standard InChI is InChI=1S/C24H23ClN6O2S/c1-14-19(7-8-26)34-24-21(14)22(16-3-5-17(25)6-4-16)27-18(23-29-28-15(2)31(23)24)13-20(32)30-9-11-33-12-10-30/h3-6,18H,7,9-13H2,1-2H3/t18-/m0/s1. The van der Waals surface area contributed by atoms with Gasteiger partial charge >= 0.3 is 0 Å². The largest absolute Gasteiger partial charge is 0.378 e. The van der Waals surface area contributed by atoms with Gasteiger partial charge < -0.3 is 9.64 Å². The number of hydrogen-bond donors (Lipinski definition) is 0. The van der Waals surface area contributed by atoms with E-state index in [-0.39, 0.29) is 12.3 Å². The normalized spacial score (nSPS) is 17.4. The molecule has 2 aliphatic rings. The van der Waals surface area contributed by atoms with Crippen molar-refractivity contribution in [2.45, 2.75) is 32.7 Å². The van der Waals surface area contributed by atoms with Crippen LogP contribution in [0.5, 0.6) is 0 Å². The molecule has 0 aliphatic carbocycles. The molecular formula is C24H23ClN6O2S. The molecule has 1 saturated heterocycles. The lowest BCUT2D eigenvalue weighted by Gasteiger charge is -2.27. The minimum Gasteiger partial charge on any atom is -0.378 e. The zero-order valence-corrected chi connectivity index (χ0v) is 20.5. The monoisotopic (exact) mass is 494 g/mol. The fourth-order valence-electron chi connectivity index (χ4n) is 4.42. The number of amides is 1. The number of fused-ring (bicyclic) bond motifs is 3. The van der Waals surface area contributed by atoms with Crippen molar-refractivity contribution < 1.29 is 9.53 Å². The fraction of sp³-hybridized carbons (Fsp3) is 0.375. The number of aromatic nitrogens is 3. The van der Waals surface area contributed by atoms with Crippen molar-refractivity contribution in [3.8, 4) is 11.1 Å². The van der Waals surface area contributed by atoms with Crippen LogP contribution in [0.15, 0.2) is 29.3 Å². The Kier molecular flexibility index (Phi) is 6.21. The number of nitriles is 1. The average molecular weight is 495 g/mol. The molecule has 2 aromatic heterocycles. The highest BCUT2D eigenvalue weighted by atomic mass is 35.5. The molecule has 8 nitrogen and oxygen atoms in total. The van der Waals surface area contributed by atoms with Crippen LogP contribution in [-0.4, -0.2) is 57.6 Å². The van der Waals surface area contributed by atoms with Gasteiger partial charge in [-0.15, -0.1) is 21.5 Å². The zero-order chi connectivity index (χ0) is 23.8. The van der Waals surface area contributed by atoms with Crippen molar-refractivity contribution in [3.63, 3.8) is 0 Å². The van der Waals surface area contributed by atoms with Crippen LogP contribution < -0.4 is 0 Å². The number of benzene rings is 1. The third-order valence-corrected chi connectivity index (χ3v) is 7.72. The number of nitrogens with zero attached hydrogens (tertiary/aromatic N) is 6. The summed E-state index contributed by atoms with van der Waals surface area (Å²) in [5, 5.41) is 19.7. The lowest BCUT2D eigenvalue weighted by molar-refractivity contribution is -0.135. The van der Waals surface area contributed by atoms with Crippen LogP contribution in [0.25, 0.3) is 5.00 Å². The first-order valence-corrected chi connectivity index (χ1v) is 12.3. The summed E-state index contributed by atoms with van der Waals surface area (Å²) in [6.07, 6.45) is 0.501. The number of morpholine rings is 1. The van der Waals surface area contributed by atoms with Crippen LogP contribution in [0.3, 0.4) is 0 Å². The van der Waals surface area contributed by atoms with Crippen LogP contribution in [0.1, 0.15) is 45.7 Å². The Morgan fingerprint density at radius 2 is 1.97 bits per heavy atom. The molecule has 0 spiro atoms. The lowest BCUT2D eigenvalue weighted by Crippen LogP contribution is -2.41. The Hall–Kier alpha value is -3.06. The molecule has 0 bridgehead atoms. The second-order valence-corrected chi connectivity index (χ2v) is 9.82. The van der Waals surface area contributed by atoms with E-state index in [0.29, 0.717) is 43.6 Å². The highest BCUT2D eigenvalue weighted by Gasteiger charge is 2.33. The van der Waals surface area contributed by atoms with Crippen molar-refractivity contribution in [3.05, 3.63) is 62.5 Å². The van der Waals surface area contributed by atoms with Gasteiger partial charge in [0.05, 0.1) is 37.8 Å². The van der Waals surface area contributed by atoms with Gasteiger partial charge in [0.25, 0.3) is 0 Å². The molecule has 0 radical (unpaired) electrons. The molecule has 0 saturated carbocycles. The Labute approximate surface area is 206 Å².